The van der Waals surface area contributed by atoms with Gasteiger partial charge >= 0.3 is 0 Å². The Bertz CT molecular complexity index is 445. The first kappa shape index (κ1) is 14.8. The lowest BCUT2D eigenvalue weighted by Crippen LogP contribution is -2.50. The van der Waals surface area contributed by atoms with Crippen molar-refractivity contribution in [2.45, 2.75) is 31.4 Å². The van der Waals surface area contributed by atoms with E-state index in [0.29, 0.717) is 32.4 Å². The van der Waals surface area contributed by atoms with E-state index in [0.717, 1.165) is 4.31 Å². The summed E-state index contributed by atoms with van der Waals surface area (Å²) in [7, 11) is -7.25. The predicted molar refractivity (Wildman–Crippen MR) is 64.9 cm³/mol. The first-order chi connectivity index (χ1) is 7.77. The summed E-state index contributed by atoms with van der Waals surface area (Å²) in [5.41, 5.74) is 0. The molecule has 0 aliphatic carbocycles. The zero-order valence-corrected chi connectivity index (χ0v) is 11.4. The Morgan fingerprint density at radius 3 is 2.53 bits per heavy atom. The first-order valence-electron chi connectivity index (χ1n) is 5.53. The van der Waals surface area contributed by atoms with E-state index in [1.54, 1.807) is 0 Å². The number of primary sulfonamides is 1. The second-order valence-electron chi connectivity index (χ2n) is 4.11. The first-order valence-corrected chi connectivity index (χ1v) is 8.58. The highest BCUT2D eigenvalue weighted by molar-refractivity contribution is 7.90. The van der Waals surface area contributed by atoms with Crippen LogP contribution in [0.15, 0.2) is 0 Å². The highest BCUT2D eigenvalue weighted by atomic mass is 32.2. The molecule has 0 aromatic rings. The van der Waals surface area contributed by atoms with Crippen molar-refractivity contribution >= 4 is 20.2 Å². The number of hydrogen-bond donors (Lipinski definition) is 2. The number of piperidine rings is 1. The molecule has 3 N–H and O–H groups in total. The number of nitrogens with two attached hydrogens (primary N) is 1. The second-order valence-corrected chi connectivity index (χ2v) is 7.71. The fourth-order valence-corrected chi connectivity index (χ4v) is 4.08. The van der Waals surface area contributed by atoms with Crippen LogP contribution in [0.3, 0.4) is 0 Å². The van der Waals surface area contributed by atoms with Gasteiger partial charge in [-0.1, -0.05) is 6.92 Å². The van der Waals surface area contributed by atoms with Crippen LogP contribution in [0.5, 0.6) is 0 Å². The van der Waals surface area contributed by atoms with E-state index in [4.69, 9.17) is 5.14 Å². The molecule has 0 aromatic carbocycles. The van der Waals surface area contributed by atoms with Gasteiger partial charge in [-0.25, -0.2) is 18.3 Å². The molecule has 1 fully saturated rings. The van der Waals surface area contributed by atoms with E-state index in [9.17, 15) is 16.8 Å². The lowest BCUT2D eigenvalue weighted by molar-refractivity contribution is 0.341. The van der Waals surface area contributed by atoms with Crippen molar-refractivity contribution in [3.05, 3.63) is 0 Å². The van der Waals surface area contributed by atoms with Crippen LogP contribution in [0, 0.1) is 0 Å². The summed E-state index contributed by atoms with van der Waals surface area (Å²) in [4.78, 5) is 0. The fraction of sp³-hybridized carbons (Fsp3) is 1.00. The minimum absolute atomic E-state index is 0.0577. The third-order valence-corrected chi connectivity index (χ3v) is 5.57. The third-order valence-electron chi connectivity index (χ3n) is 2.68. The maximum absolute atomic E-state index is 11.8. The summed E-state index contributed by atoms with van der Waals surface area (Å²) >= 11 is 0. The van der Waals surface area contributed by atoms with E-state index < -0.39 is 25.5 Å². The van der Waals surface area contributed by atoms with Gasteiger partial charge in [0.25, 0.3) is 10.2 Å². The van der Waals surface area contributed by atoms with E-state index in [1.165, 1.54) is 0 Å². The smallest absolute Gasteiger partial charge is 0.228 e. The summed E-state index contributed by atoms with van der Waals surface area (Å²) in [6.45, 7) is 2.48. The number of hydrogen-bond acceptors (Lipinski definition) is 4. The molecule has 0 aromatic heterocycles. The molecule has 0 spiro atoms. The van der Waals surface area contributed by atoms with Gasteiger partial charge in [-0.05, 0) is 19.3 Å². The zero-order chi connectivity index (χ0) is 13.1. The standard InChI is InChI=1S/C8H19N3O4S2/c1-2-5-10-17(14,15)11-6-3-4-8(7-11)16(9,12)13/h8,10H,2-7H2,1H3,(H2,9,12,13). The molecule has 9 heteroatoms. The van der Waals surface area contributed by atoms with Crippen molar-refractivity contribution in [1.82, 2.24) is 9.03 Å². The van der Waals surface area contributed by atoms with Crippen molar-refractivity contribution in [1.29, 1.82) is 0 Å². The number of nitrogens with one attached hydrogen (secondary N) is 1. The molecule has 102 valence electrons. The predicted octanol–water partition coefficient (Wildman–Crippen LogP) is -1.02. The largest absolute Gasteiger partial charge is 0.279 e. The van der Waals surface area contributed by atoms with E-state index in [1.807, 2.05) is 6.92 Å². The topological polar surface area (TPSA) is 110 Å². The SMILES string of the molecule is CCCNS(=O)(=O)N1CCCC(S(N)(=O)=O)C1. The van der Waals surface area contributed by atoms with Gasteiger partial charge < -0.3 is 0 Å². The Morgan fingerprint density at radius 1 is 1.35 bits per heavy atom. The summed E-state index contributed by atoms with van der Waals surface area (Å²) in [6.07, 6.45) is 1.61. The van der Waals surface area contributed by atoms with Crippen molar-refractivity contribution in [3.8, 4) is 0 Å². The Morgan fingerprint density at radius 2 is 2.00 bits per heavy atom. The average Bonchev–Trinajstić information content (AvgIpc) is 2.25. The minimum atomic E-state index is -3.67. The third kappa shape index (κ3) is 4.18. The van der Waals surface area contributed by atoms with E-state index >= 15 is 0 Å². The molecule has 7 nitrogen and oxygen atoms in total. The molecule has 17 heavy (non-hydrogen) atoms. The van der Waals surface area contributed by atoms with Gasteiger partial charge in [0.2, 0.25) is 10.0 Å². The normalized spacial score (nSPS) is 23.8. The average molecular weight is 285 g/mol. The van der Waals surface area contributed by atoms with Gasteiger partial charge in [-0.3, -0.25) is 0 Å². The van der Waals surface area contributed by atoms with Crippen LogP contribution in [0.2, 0.25) is 0 Å². The molecule has 1 aliphatic heterocycles. The summed E-state index contributed by atoms with van der Waals surface area (Å²) in [5, 5.41) is 4.25. The van der Waals surface area contributed by atoms with E-state index in [-0.39, 0.29) is 6.54 Å². The van der Waals surface area contributed by atoms with Crippen LogP contribution in [-0.2, 0) is 20.2 Å². The van der Waals surface area contributed by atoms with Crippen LogP contribution < -0.4 is 9.86 Å². The minimum Gasteiger partial charge on any atom is -0.228 e. The lowest BCUT2D eigenvalue weighted by atomic mass is 10.2. The molecule has 0 bridgehead atoms. The van der Waals surface area contributed by atoms with Crippen molar-refractivity contribution in [3.63, 3.8) is 0 Å². The van der Waals surface area contributed by atoms with E-state index in [2.05, 4.69) is 4.72 Å². The summed E-state index contributed by atoms with van der Waals surface area (Å²) in [5.74, 6) is 0. The zero-order valence-electron chi connectivity index (χ0n) is 9.79. The molecule has 1 unspecified atom stereocenters. The Balaban J connectivity index is 2.73. The number of rotatable bonds is 5. The molecule has 0 amide bonds. The molecule has 1 rings (SSSR count). The van der Waals surface area contributed by atoms with Crippen molar-refractivity contribution in [2.24, 2.45) is 5.14 Å². The van der Waals surface area contributed by atoms with Gasteiger partial charge in [0.15, 0.2) is 0 Å². The van der Waals surface area contributed by atoms with Crippen molar-refractivity contribution in [2.75, 3.05) is 19.6 Å². The van der Waals surface area contributed by atoms with Crippen LogP contribution >= 0.6 is 0 Å². The monoisotopic (exact) mass is 285 g/mol. The van der Waals surface area contributed by atoms with Crippen molar-refractivity contribution < 1.29 is 16.8 Å². The van der Waals surface area contributed by atoms with Crippen LogP contribution in [0.25, 0.3) is 0 Å². The molecular weight excluding hydrogens is 266 g/mol. The Labute approximate surface area is 103 Å². The quantitative estimate of drug-likeness (QED) is 0.674. The summed E-state index contributed by atoms with van der Waals surface area (Å²) < 4.78 is 49.6. The fourth-order valence-electron chi connectivity index (χ4n) is 1.71. The maximum Gasteiger partial charge on any atom is 0.279 e. The van der Waals surface area contributed by atoms with Gasteiger partial charge in [0.05, 0.1) is 5.25 Å². The lowest BCUT2D eigenvalue weighted by Gasteiger charge is -2.30. The molecule has 1 atom stereocenters. The second kappa shape index (κ2) is 5.61. The van der Waals surface area contributed by atoms with Crippen LogP contribution in [-0.4, -0.2) is 46.0 Å². The molecule has 0 saturated carbocycles. The number of nitrogens with zero attached hydrogens (tertiary/aromatic N) is 1. The molecule has 0 radical (unpaired) electrons. The maximum atomic E-state index is 11.8. The van der Waals surface area contributed by atoms with Gasteiger partial charge in [-0.15, -0.1) is 0 Å². The highest BCUT2D eigenvalue weighted by Gasteiger charge is 2.33. The molecule has 1 aliphatic rings. The Hall–Kier alpha value is -0.220. The Kier molecular flexibility index (Phi) is 4.90. The van der Waals surface area contributed by atoms with Gasteiger partial charge in [-0.2, -0.15) is 12.7 Å². The molecular formula is C8H19N3O4S2. The molecule has 1 heterocycles. The van der Waals surface area contributed by atoms with Gasteiger partial charge in [0, 0.05) is 19.6 Å². The summed E-state index contributed by atoms with van der Waals surface area (Å²) in [6, 6.07) is 0. The highest BCUT2D eigenvalue weighted by Crippen LogP contribution is 2.17. The number of sulfonamides is 1. The van der Waals surface area contributed by atoms with Gasteiger partial charge in [0.1, 0.15) is 0 Å². The van der Waals surface area contributed by atoms with Crippen LogP contribution in [0.1, 0.15) is 26.2 Å². The van der Waals surface area contributed by atoms with Crippen LogP contribution in [0.4, 0.5) is 0 Å². The molecule has 1 saturated heterocycles.